The molecular formula is C17H20N2O4. The second-order valence-corrected chi connectivity index (χ2v) is 6.56. The van der Waals surface area contributed by atoms with Gasteiger partial charge in [-0.1, -0.05) is 12.1 Å². The molecule has 1 aromatic carbocycles. The van der Waals surface area contributed by atoms with Crippen LogP contribution < -0.4 is 10.2 Å². The summed E-state index contributed by atoms with van der Waals surface area (Å²) < 4.78 is 5.27. The number of anilines is 2. The Kier molecular flexibility index (Phi) is 3.62. The monoisotopic (exact) mass is 316 g/mol. The molecule has 2 aliphatic rings. The zero-order valence-corrected chi connectivity index (χ0v) is 13.5. The van der Waals surface area contributed by atoms with E-state index in [1.807, 2.05) is 0 Å². The minimum atomic E-state index is -1.06. The number of carbonyl (C=O) groups is 3. The summed E-state index contributed by atoms with van der Waals surface area (Å²) in [5.74, 6) is -1.08. The average molecular weight is 316 g/mol. The van der Waals surface area contributed by atoms with E-state index in [1.165, 1.54) is 4.90 Å². The van der Waals surface area contributed by atoms with Crippen LogP contribution in [0.2, 0.25) is 0 Å². The number of nitrogens with zero attached hydrogens (tertiary/aromatic N) is 1. The fourth-order valence-corrected chi connectivity index (χ4v) is 2.67. The Morgan fingerprint density at radius 2 is 1.96 bits per heavy atom. The largest absolute Gasteiger partial charge is 0.452 e. The van der Waals surface area contributed by atoms with Crippen LogP contribution >= 0.6 is 0 Å². The lowest BCUT2D eigenvalue weighted by atomic mass is 9.95. The van der Waals surface area contributed by atoms with E-state index < -0.39 is 17.6 Å². The van der Waals surface area contributed by atoms with E-state index in [0.29, 0.717) is 11.4 Å². The summed E-state index contributed by atoms with van der Waals surface area (Å²) in [5.41, 5.74) is 0.119. The van der Waals surface area contributed by atoms with Gasteiger partial charge in [0.15, 0.2) is 6.10 Å². The molecule has 1 N–H and O–H groups in total. The number of rotatable bonds is 3. The van der Waals surface area contributed by atoms with Crippen molar-refractivity contribution in [2.45, 2.75) is 45.3 Å². The topological polar surface area (TPSA) is 75.7 Å². The van der Waals surface area contributed by atoms with Crippen molar-refractivity contribution < 1.29 is 19.1 Å². The molecule has 122 valence electrons. The SMILES string of the molecule is C[C@@H](OC(=O)C1CC1)C(=O)N1c2ccccc2NC(=O)C1(C)C. The van der Waals surface area contributed by atoms with Gasteiger partial charge in [0.05, 0.1) is 17.3 Å². The zero-order chi connectivity index (χ0) is 16.8. The first-order chi connectivity index (χ1) is 10.8. The number of para-hydroxylation sites is 2. The molecule has 1 fully saturated rings. The van der Waals surface area contributed by atoms with Crippen LogP contribution in [0.25, 0.3) is 0 Å². The van der Waals surface area contributed by atoms with Gasteiger partial charge >= 0.3 is 5.97 Å². The van der Waals surface area contributed by atoms with Crippen molar-refractivity contribution >= 4 is 29.2 Å². The maximum absolute atomic E-state index is 12.9. The van der Waals surface area contributed by atoms with Crippen LogP contribution in [0.1, 0.15) is 33.6 Å². The lowest BCUT2D eigenvalue weighted by molar-refractivity contribution is -0.155. The first-order valence-corrected chi connectivity index (χ1v) is 7.77. The minimum Gasteiger partial charge on any atom is -0.452 e. The van der Waals surface area contributed by atoms with E-state index in [2.05, 4.69) is 5.32 Å². The molecule has 0 bridgehead atoms. The van der Waals surface area contributed by atoms with E-state index in [1.54, 1.807) is 45.0 Å². The summed E-state index contributed by atoms with van der Waals surface area (Å²) in [6.45, 7) is 4.89. The number of hydrogen-bond acceptors (Lipinski definition) is 4. The van der Waals surface area contributed by atoms with Crippen molar-refractivity contribution in [3.05, 3.63) is 24.3 Å². The lowest BCUT2D eigenvalue weighted by Crippen LogP contribution is -2.60. The number of ether oxygens (including phenoxy) is 1. The number of benzene rings is 1. The molecule has 1 aromatic rings. The van der Waals surface area contributed by atoms with Crippen LogP contribution in [0.3, 0.4) is 0 Å². The van der Waals surface area contributed by atoms with Crippen LogP contribution in [-0.2, 0) is 19.1 Å². The maximum Gasteiger partial charge on any atom is 0.309 e. The lowest BCUT2D eigenvalue weighted by Gasteiger charge is -2.42. The highest BCUT2D eigenvalue weighted by molar-refractivity contribution is 6.15. The second kappa shape index (κ2) is 5.37. The third kappa shape index (κ3) is 2.69. The third-order valence-corrected chi connectivity index (χ3v) is 4.28. The third-order valence-electron chi connectivity index (χ3n) is 4.28. The van der Waals surface area contributed by atoms with E-state index in [-0.39, 0.29) is 17.8 Å². The Bertz CT molecular complexity index is 679. The predicted molar refractivity (Wildman–Crippen MR) is 84.9 cm³/mol. The molecule has 0 aromatic heterocycles. The van der Waals surface area contributed by atoms with E-state index in [9.17, 15) is 14.4 Å². The molecule has 1 saturated carbocycles. The second-order valence-electron chi connectivity index (χ2n) is 6.56. The van der Waals surface area contributed by atoms with Crippen LogP contribution in [0, 0.1) is 5.92 Å². The van der Waals surface area contributed by atoms with Crippen molar-refractivity contribution in [1.29, 1.82) is 0 Å². The molecular weight excluding hydrogens is 296 g/mol. The summed E-state index contributed by atoms with van der Waals surface area (Å²) in [6, 6.07) is 7.09. The summed E-state index contributed by atoms with van der Waals surface area (Å²) in [7, 11) is 0. The highest BCUT2D eigenvalue weighted by Crippen LogP contribution is 2.37. The molecule has 0 saturated heterocycles. The first-order valence-electron chi connectivity index (χ1n) is 7.77. The number of hydrogen-bond donors (Lipinski definition) is 1. The van der Waals surface area contributed by atoms with Crippen molar-refractivity contribution in [3.8, 4) is 0 Å². The van der Waals surface area contributed by atoms with Gasteiger partial charge in [0.1, 0.15) is 5.54 Å². The molecule has 0 unspecified atom stereocenters. The molecule has 1 aliphatic heterocycles. The fraction of sp³-hybridized carbons (Fsp3) is 0.471. The molecule has 6 heteroatoms. The molecule has 1 aliphatic carbocycles. The van der Waals surface area contributed by atoms with Gasteiger partial charge in [0, 0.05) is 0 Å². The van der Waals surface area contributed by atoms with Crippen molar-refractivity contribution in [2.24, 2.45) is 5.92 Å². The first kappa shape index (κ1) is 15.5. The number of fused-ring (bicyclic) bond motifs is 1. The molecule has 0 radical (unpaired) electrons. The molecule has 0 spiro atoms. The van der Waals surface area contributed by atoms with E-state index in [0.717, 1.165) is 12.8 Å². The highest BCUT2D eigenvalue weighted by Gasteiger charge is 2.45. The molecule has 1 heterocycles. The maximum atomic E-state index is 12.9. The van der Waals surface area contributed by atoms with Crippen molar-refractivity contribution in [3.63, 3.8) is 0 Å². The van der Waals surface area contributed by atoms with Crippen LogP contribution in [0.15, 0.2) is 24.3 Å². The summed E-state index contributed by atoms with van der Waals surface area (Å²) in [5, 5.41) is 2.80. The van der Waals surface area contributed by atoms with Gasteiger partial charge < -0.3 is 10.1 Å². The van der Waals surface area contributed by atoms with Gasteiger partial charge in [0.2, 0.25) is 5.91 Å². The minimum absolute atomic E-state index is 0.0739. The standard InChI is InChI=1S/C17H20N2O4/c1-10(23-15(21)11-8-9-11)14(20)19-13-7-5-4-6-12(13)18-16(22)17(19,2)3/h4-7,10-11H,8-9H2,1-3H3,(H,18,22)/t10-/m1/s1. The smallest absolute Gasteiger partial charge is 0.309 e. The summed E-state index contributed by atoms with van der Waals surface area (Å²) >= 11 is 0. The Labute approximate surface area is 134 Å². The van der Waals surface area contributed by atoms with E-state index >= 15 is 0 Å². The molecule has 23 heavy (non-hydrogen) atoms. The van der Waals surface area contributed by atoms with Crippen LogP contribution in [0.5, 0.6) is 0 Å². The Hall–Kier alpha value is -2.37. The van der Waals surface area contributed by atoms with Crippen molar-refractivity contribution in [2.75, 3.05) is 10.2 Å². The van der Waals surface area contributed by atoms with E-state index in [4.69, 9.17) is 4.74 Å². The van der Waals surface area contributed by atoms with Gasteiger partial charge in [0.25, 0.3) is 5.91 Å². The number of amides is 2. The number of nitrogens with one attached hydrogen (secondary N) is 1. The van der Waals surface area contributed by atoms with Gasteiger partial charge in [-0.15, -0.1) is 0 Å². The van der Waals surface area contributed by atoms with Crippen LogP contribution in [-0.4, -0.2) is 29.4 Å². The van der Waals surface area contributed by atoms with Gasteiger partial charge in [-0.05, 0) is 45.7 Å². The quantitative estimate of drug-likeness (QED) is 0.866. The highest BCUT2D eigenvalue weighted by atomic mass is 16.5. The zero-order valence-electron chi connectivity index (χ0n) is 13.5. The van der Waals surface area contributed by atoms with Gasteiger partial charge in [-0.3, -0.25) is 19.3 Å². The molecule has 2 amide bonds. The Morgan fingerprint density at radius 1 is 1.30 bits per heavy atom. The van der Waals surface area contributed by atoms with Crippen LogP contribution in [0.4, 0.5) is 11.4 Å². The van der Waals surface area contributed by atoms with Gasteiger partial charge in [-0.2, -0.15) is 0 Å². The van der Waals surface area contributed by atoms with Gasteiger partial charge in [-0.25, -0.2) is 0 Å². The van der Waals surface area contributed by atoms with Crippen molar-refractivity contribution in [1.82, 2.24) is 0 Å². The molecule has 1 atom stereocenters. The number of carbonyl (C=O) groups excluding carboxylic acids is 3. The predicted octanol–water partition coefficient (Wildman–Crippen LogP) is 2.09. The fourth-order valence-electron chi connectivity index (χ4n) is 2.67. The average Bonchev–Trinajstić information content (AvgIpc) is 3.32. The summed E-state index contributed by atoms with van der Waals surface area (Å²) in [4.78, 5) is 38.4. The summed E-state index contributed by atoms with van der Waals surface area (Å²) in [6.07, 6.45) is 0.710. The number of esters is 1. The normalized spacial score (nSPS) is 20.3. The Balaban J connectivity index is 1.90. The molecule has 3 rings (SSSR count). The molecule has 6 nitrogen and oxygen atoms in total. The Morgan fingerprint density at radius 3 is 2.61 bits per heavy atom.